The van der Waals surface area contributed by atoms with Gasteiger partial charge in [-0.3, -0.25) is 9.59 Å². The van der Waals surface area contributed by atoms with Gasteiger partial charge in [-0.25, -0.2) is 0 Å². The van der Waals surface area contributed by atoms with E-state index in [0.717, 1.165) is 51.9 Å². The fourth-order valence-electron chi connectivity index (χ4n) is 2.97. The summed E-state index contributed by atoms with van der Waals surface area (Å²) in [6, 6.07) is 0.176. The minimum atomic E-state index is -0.0735. The first kappa shape index (κ1) is 15.3. The number of ether oxygens (including phenoxy) is 1. The van der Waals surface area contributed by atoms with Gasteiger partial charge < -0.3 is 20.3 Å². The highest BCUT2D eigenvalue weighted by molar-refractivity contribution is 5.79. The second kappa shape index (κ2) is 7.59. The van der Waals surface area contributed by atoms with Crippen LogP contribution in [0.2, 0.25) is 0 Å². The van der Waals surface area contributed by atoms with E-state index < -0.39 is 0 Å². The maximum absolute atomic E-state index is 12.4. The van der Waals surface area contributed by atoms with Crippen LogP contribution in [0.15, 0.2) is 0 Å². The fraction of sp³-hybridized carbons (Fsp3) is 0.857. The van der Waals surface area contributed by atoms with Crippen molar-refractivity contribution < 1.29 is 14.3 Å². The summed E-state index contributed by atoms with van der Waals surface area (Å²) in [6.07, 6.45) is 3.57. The highest BCUT2D eigenvalue weighted by Crippen LogP contribution is 2.19. The van der Waals surface area contributed by atoms with Crippen molar-refractivity contribution in [1.29, 1.82) is 0 Å². The van der Waals surface area contributed by atoms with Crippen molar-refractivity contribution in [3.05, 3.63) is 0 Å². The third-order valence-electron chi connectivity index (χ3n) is 4.14. The maximum atomic E-state index is 12.4. The van der Waals surface area contributed by atoms with Gasteiger partial charge in [-0.05, 0) is 38.8 Å². The Kier molecular flexibility index (Phi) is 5.79. The van der Waals surface area contributed by atoms with Crippen LogP contribution in [-0.2, 0) is 14.3 Å². The monoisotopic (exact) mass is 283 g/mol. The van der Waals surface area contributed by atoms with E-state index in [0.29, 0.717) is 5.91 Å². The Balaban J connectivity index is 1.73. The molecule has 0 aromatic rings. The molecule has 0 spiro atoms. The molecule has 20 heavy (non-hydrogen) atoms. The molecule has 0 saturated carbocycles. The minimum absolute atomic E-state index is 0.0735. The molecule has 2 fully saturated rings. The Hall–Kier alpha value is -1.14. The van der Waals surface area contributed by atoms with Crippen molar-refractivity contribution in [3.8, 4) is 0 Å². The molecule has 6 nitrogen and oxygen atoms in total. The number of rotatable bonds is 4. The van der Waals surface area contributed by atoms with Gasteiger partial charge in [0, 0.05) is 32.2 Å². The molecule has 6 heteroatoms. The first-order valence-corrected chi connectivity index (χ1v) is 7.48. The van der Waals surface area contributed by atoms with Crippen LogP contribution in [0, 0.1) is 5.92 Å². The Morgan fingerprint density at radius 2 is 1.85 bits per heavy atom. The van der Waals surface area contributed by atoms with Crippen molar-refractivity contribution in [2.75, 3.05) is 39.9 Å². The molecule has 114 valence electrons. The van der Waals surface area contributed by atoms with Crippen molar-refractivity contribution >= 4 is 11.8 Å². The predicted octanol–water partition coefficient (Wildman–Crippen LogP) is -0.260. The summed E-state index contributed by atoms with van der Waals surface area (Å²) in [7, 11) is 1.51. The molecule has 2 aliphatic heterocycles. The lowest BCUT2D eigenvalue weighted by Crippen LogP contribution is -2.49. The molecule has 0 aromatic carbocycles. The fourth-order valence-corrected chi connectivity index (χ4v) is 2.97. The van der Waals surface area contributed by atoms with E-state index in [1.54, 1.807) is 0 Å². The minimum Gasteiger partial charge on any atom is -0.375 e. The number of hydrogen-bond donors (Lipinski definition) is 2. The van der Waals surface area contributed by atoms with E-state index in [1.165, 1.54) is 7.11 Å². The number of hydrogen-bond acceptors (Lipinski definition) is 4. The Morgan fingerprint density at radius 3 is 2.45 bits per heavy atom. The zero-order valence-corrected chi connectivity index (χ0v) is 12.2. The van der Waals surface area contributed by atoms with Crippen LogP contribution in [0.4, 0.5) is 0 Å². The van der Waals surface area contributed by atoms with E-state index in [1.807, 2.05) is 4.90 Å². The van der Waals surface area contributed by atoms with Crippen molar-refractivity contribution in [2.24, 2.45) is 5.92 Å². The first-order chi connectivity index (χ1) is 9.70. The second-order valence-corrected chi connectivity index (χ2v) is 5.62. The average Bonchev–Trinajstić information content (AvgIpc) is 2.48. The van der Waals surface area contributed by atoms with E-state index in [2.05, 4.69) is 10.6 Å². The summed E-state index contributed by atoms with van der Waals surface area (Å²) in [5, 5.41) is 6.23. The van der Waals surface area contributed by atoms with E-state index in [9.17, 15) is 9.59 Å². The van der Waals surface area contributed by atoms with Gasteiger partial charge in [0.2, 0.25) is 11.8 Å². The zero-order valence-electron chi connectivity index (χ0n) is 12.2. The quantitative estimate of drug-likeness (QED) is 0.746. The number of carbonyl (C=O) groups excluding carboxylic acids is 2. The number of methoxy groups -OCH3 is 1. The molecule has 0 atom stereocenters. The van der Waals surface area contributed by atoms with E-state index in [4.69, 9.17) is 4.74 Å². The molecular formula is C14H25N3O3. The van der Waals surface area contributed by atoms with Crippen LogP contribution in [0.3, 0.4) is 0 Å². The molecule has 0 aliphatic carbocycles. The lowest BCUT2D eigenvalue weighted by atomic mass is 9.95. The Labute approximate surface area is 120 Å². The predicted molar refractivity (Wildman–Crippen MR) is 75.2 cm³/mol. The lowest BCUT2D eigenvalue weighted by Gasteiger charge is -2.35. The van der Waals surface area contributed by atoms with Crippen molar-refractivity contribution in [2.45, 2.75) is 31.7 Å². The molecule has 2 aliphatic rings. The van der Waals surface area contributed by atoms with Crippen LogP contribution < -0.4 is 10.6 Å². The molecule has 2 rings (SSSR count). The van der Waals surface area contributed by atoms with Gasteiger partial charge >= 0.3 is 0 Å². The molecule has 2 heterocycles. The third-order valence-corrected chi connectivity index (χ3v) is 4.14. The number of carbonyl (C=O) groups is 2. The van der Waals surface area contributed by atoms with Crippen LogP contribution in [0.5, 0.6) is 0 Å². The van der Waals surface area contributed by atoms with Gasteiger partial charge in [0.05, 0.1) is 0 Å². The Morgan fingerprint density at radius 1 is 1.20 bits per heavy atom. The third kappa shape index (κ3) is 4.18. The largest absolute Gasteiger partial charge is 0.375 e. The SMILES string of the molecule is COCC(=O)NC1CCN(C(=O)C2CCNCC2)CC1. The smallest absolute Gasteiger partial charge is 0.246 e. The van der Waals surface area contributed by atoms with Crippen LogP contribution in [-0.4, -0.2) is 62.7 Å². The summed E-state index contributed by atoms with van der Waals surface area (Å²) in [5.41, 5.74) is 0. The molecule has 2 amide bonds. The molecular weight excluding hydrogens is 258 g/mol. The standard InChI is InChI=1S/C14H25N3O3/c1-20-10-13(18)16-12-4-8-17(9-5-12)14(19)11-2-6-15-7-3-11/h11-12,15H,2-10H2,1H3,(H,16,18). The topological polar surface area (TPSA) is 70.7 Å². The first-order valence-electron chi connectivity index (χ1n) is 7.48. The van der Waals surface area contributed by atoms with Gasteiger partial charge in [0.1, 0.15) is 6.61 Å². The number of nitrogens with one attached hydrogen (secondary N) is 2. The lowest BCUT2D eigenvalue weighted by molar-refractivity contribution is -0.137. The summed E-state index contributed by atoms with van der Waals surface area (Å²) in [6.45, 7) is 3.50. The van der Waals surface area contributed by atoms with Crippen LogP contribution >= 0.6 is 0 Å². The molecule has 0 radical (unpaired) electrons. The molecule has 0 unspecified atom stereocenters. The molecule has 0 bridgehead atoms. The summed E-state index contributed by atoms with van der Waals surface area (Å²) >= 11 is 0. The molecule has 2 N–H and O–H groups in total. The van der Waals surface area contributed by atoms with Crippen molar-refractivity contribution in [3.63, 3.8) is 0 Å². The number of likely N-dealkylation sites (tertiary alicyclic amines) is 1. The van der Waals surface area contributed by atoms with Gasteiger partial charge in [-0.15, -0.1) is 0 Å². The summed E-state index contributed by atoms with van der Waals surface area (Å²) in [4.78, 5) is 25.8. The van der Waals surface area contributed by atoms with Gasteiger partial charge in [-0.2, -0.15) is 0 Å². The summed E-state index contributed by atoms with van der Waals surface area (Å²) < 4.78 is 4.80. The number of amides is 2. The van der Waals surface area contributed by atoms with E-state index >= 15 is 0 Å². The normalized spacial score (nSPS) is 21.8. The zero-order chi connectivity index (χ0) is 14.4. The van der Waals surface area contributed by atoms with Crippen molar-refractivity contribution in [1.82, 2.24) is 15.5 Å². The number of piperidine rings is 2. The molecule has 2 saturated heterocycles. The average molecular weight is 283 g/mol. The van der Waals surface area contributed by atoms with E-state index in [-0.39, 0.29) is 24.5 Å². The number of nitrogens with zero attached hydrogens (tertiary/aromatic N) is 1. The summed E-state index contributed by atoms with van der Waals surface area (Å²) in [5.74, 6) is 0.416. The highest BCUT2D eigenvalue weighted by Gasteiger charge is 2.29. The second-order valence-electron chi connectivity index (χ2n) is 5.62. The maximum Gasteiger partial charge on any atom is 0.246 e. The van der Waals surface area contributed by atoms with Crippen LogP contribution in [0.25, 0.3) is 0 Å². The van der Waals surface area contributed by atoms with Crippen LogP contribution in [0.1, 0.15) is 25.7 Å². The van der Waals surface area contributed by atoms with Gasteiger partial charge in [-0.1, -0.05) is 0 Å². The molecule has 0 aromatic heterocycles. The van der Waals surface area contributed by atoms with Gasteiger partial charge in [0.15, 0.2) is 0 Å². The van der Waals surface area contributed by atoms with Gasteiger partial charge in [0.25, 0.3) is 0 Å². The highest BCUT2D eigenvalue weighted by atomic mass is 16.5. The Bertz CT molecular complexity index is 335.